The summed E-state index contributed by atoms with van der Waals surface area (Å²) in [5, 5.41) is 13.9. The van der Waals surface area contributed by atoms with Crippen LogP contribution in [0.4, 0.5) is 5.69 Å². The zero-order valence-electron chi connectivity index (χ0n) is 17.3. The number of likely N-dealkylation sites (tertiary alicyclic amines) is 1. The molecule has 2 aromatic rings. The number of aliphatic hydroxyl groups is 1. The van der Waals surface area contributed by atoms with Crippen LogP contribution in [0, 0.1) is 0 Å². The molecule has 158 valence electrons. The van der Waals surface area contributed by atoms with Gasteiger partial charge in [0.1, 0.15) is 5.75 Å². The van der Waals surface area contributed by atoms with Gasteiger partial charge in [0, 0.05) is 43.7 Å². The molecule has 2 heterocycles. The van der Waals surface area contributed by atoms with Crippen LogP contribution in [0.25, 0.3) is 0 Å². The van der Waals surface area contributed by atoms with E-state index in [4.69, 9.17) is 4.74 Å². The molecule has 0 aromatic heterocycles. The lowest BCUT2D eigenvalue weighted by atomic mass is 9.84. The summed E-state index contributed by atoms with van der Waals surface area (Å²) in [6, 6.07) is 13.1. The lowest BCUT2D eigenvalue weighted by molar-refractivity contribution is -0.116. The van der Waals surface area contributed by atoms with E-state index in [1.54, 1.807) is 13.2 Å². The Hall–Kier alpha value is -2.70. The summed E-state index contributed by atoms with van der Waals surface area (Å²) in [7, 11) is 1.63. The zero-order chi connectivity index (χ0) is 21.1. The van der Waals surface area contributed by atoms with Gasteiger partial charge in [-0.05, 0) is 60.7 Å². The van der Waals surface area contributed by atoms with Crippen molar-refractivity contribution in [2.45, 2.75) is 37.7 Å². The monoisotopic (exact) mass is 408 g/mol. The van der Waals surface area contributed by atoms with Crippen molar-refractivity contribution in [1.29, 1.82) is 0 Å². The maximum absolute atomic E-state index is 12.7. The van der Waals surface area contributed by atoms with Crippen LogP contribution in [0.3, 0.4) is 0 Å². The molecule has 4 rings (SSSR count). The molecular weight excluding hydrogens is 380 g/mol. The SMILES string of the molecule is COc1ccc(C2(O)CCN(CCC(=O)c3ccc4c(c3)CCC(=O)N4)CC2)cc1. The highest BCUT2D eigenvalue weighted by Gasteiger charge is 2.34. The molecule has 0 spiro atoms. The summed E-state index contributed by atoms with van der Waals surface area (Å²) >= 11 is 0. The minimum Gasteiger partial charge on any atom is -0.497 e. The Balaban J connectivity index is 1.30. The van der Waals surface area contributed by atoms with E-state index in [0.717, 1.165) is 35.7 Å². The lowest BCUT2D eigenvalue weighted by Gasteiger charge is -2.38. The maximum Gasteiger partial charge on any atom is 0.224 e. The van der Waals surface area contributed by atoms with Crippen LogP contribution >= 0.6 is 0 Å². The van der Waals surface area contributed by atoms with Gasteiger partial charge >= 0.3 is 0 Å². The molecule has 0 radical (unpaired) electrons. The van der Waals surface area contributed by atoms with Gasteiger partial charge in [-0.3, -0.25) is 9.59 Å². The fourth-order valence-electron chi connectivity index (χ4n) is 4.30. The van der Waals surface area contributed by atoms with Gasteiger partial charge in [0.15, 0.2) is 5.78 Å². The Morgan fingerprint density at radius 3 is 2.57 bits per heavy atom. The van der Waals surface area contributed by atoms with E-state index < -0.39 is 5.60 Å². The minimum absolute atomic E-state index is 0.0290. The number of piperidine rings is 1. The quantitative estimate of drug-likeness (QED) is 0.718. The number of hydrogen-bond acceptors (Lipinski definition) is 5. The first-order valence-electron chi connectivity index (χ1n) is 10.5. The van der Waals surface area contributed by atoms with Crippen molar-refractivity contribution in [3.8, 4) is 5.75 Å². The molecular formula is C24H28N2O4. The summed E-state index contributed by atoms with van der Waals surface area (Å²) in [5.41, 5.74) is 2.65. The number of rotatable bonds is 6. The number of nitrogens with zero attached hydrogens (tertiary/aromatic N) is 1. The second kappa shape index (κ2) is 8.58. The van der Waals surface area contributed by atoms with E-state index in [1.807, 2.05) is 36.4 Å². The fraction of sp³-hybridized carbons (Fsp3) is 0.417. The largest absolute Gasteiger partial charge is 0.497 e. The van der Waals surface area contributed by atoms with Crippen LogP contribution in [-0.2, 0) is 16.8 Å². The summed E-state index contributed by atoms with van der Waals surface area (Å²) < 4.78 is 5.19. The standard InChI is InChI=1S/C24H28N2O4/c1-30-20-6-4-19(5-7-20)24(29)11-14-26(15-12-24)13-10-22(27)18-2-8-21-17(16-18)3-9-23(28)25-21/h2,4-8,16,29H,3,9-15H2,1H3,(H,25,28). The molecule has 1 fully saturated rings. The first-order valence-corrected chi connectivity index (χ1v) is 10.5. The highest BCUT2D eigenvalue weighted by Crippen LogP contribution is 2.33. The lowest BCUT2D eigenvalue weighted by Crippen LogP contribution is -2.43. The van der Waals surface area contributed by atoms with Crippen molar-refractivity contribution in [3.63, 3.8) is 0 Å². The topological polar surface area (TPSA) is 78.9 Å². The summed E-state index contributed by atoms with van der Waals surface area (Å²) in [5.74, 6) is 0.926. The van der Waals surface area contributed by atoms with Gasteiger partial charge in [0.05, 0.1) is 12.7 Å². The Morgan fingerprint density at radius 2 is 1.87 bits per heavy atom. The van der Waals surface area contributed by atoms with E-state index in [1.165, 1.54) is 0 Å². The number of fused-ring (bicyclic) bond motifs is 1. The normalized spacial score (nSPS) is 18.4. The molecule has 1 amide bonds. The van der Waals surface area contributed by atoms with Gasteiger partial charge in [-0.15, -0.1) is 0 Å². The van der Waals surface area contributed by atoms with Crippen LogP contribution in [0.1, 0.15) is 47.2 Å². The van der Waals surface area contributed by atoms with Crippen LogP contribution in [0.2, 0.25) is 0 Å². The second-order valence-corrected chi connectivity index (χ2v) is 8.20. The molecule has 0 aliphatic carbocycles. The highest BCUT2D eigenvalue weighted by molar-refractivity contribution is 5.99. The van der Waals surface area contributed by atoms with Crippen molar-refractivity contribution in [3.05, 3.63) is 59.2 Å². The van der Waals surface area contributed by atoms with Crippen LogP contribution in [0.5, 0.6) is 5.75 Å². The molecule has 2 aliphatic heterocycles. The van der Waals surface area contributed by atoms with E-state index in [-0.39, 0.29) is 11.7 Å². The van der Waals surface area contributed by atoms with E-state index in [2.05, 4.69) is 10.2 Å². The molecule has 0 bridgehead atoms. The Bertz CT molecular complexity index is 931. The number of nitrogens with one attached hydrogen (secondary N) is 1. The predicted octanol–water partition coefficient (Wildman–Crippen LogP) is 3.14. The molecule has 0 atom stereocenters. The van der Waals surface area contributed by atoms with Crippen molar-refractivity contribution in [1.82, 2.24) is 4.90 Å². The fourth-order valence-corrected chi connectivity index (χ4v) is 4.30. The molecule has 6 nitrogen and oxygen atoms in total. The molecule has 2 N–H and O–H groups in total. The molecule has 2 aliphatic rings. The molecule has 6 heteroatoms. The first-order chi connectivity index (χ1) is 14.5. The van der Waals surface area contributed by atoms with Gasteiger partial charge in [-0.25, -0.2) is 0 Å². The Kier molecular flexibility index (Phi) is 5.88. The number of Topliss-reactive ketones (excluding diaryl/α,β-unsaturated/α-hetero) is 1. The number of hydrogen-bond donors (Lipinski definition) is 2. The molecule has 1 saturated heterocycles. The number of carbonyl (C=O) groups excluding carboxylic acids is 2. The van der Waals surface area contributed by atoms with E-state index >= 15 is 0 Å². The number of ketones is 1. The number of amides is 1. The zero-order valence-corrected chi connectivity index (χ0v) is 17.3. The summed E-state index contributed by atoms with van der Waals surface area (Å²) in [6.45, 7) is 2.20. The molecule has 30 heavy (non-hydrogen) atoms. The maximum atomic E-state index is 12.7. The molecule has 0 saturated carbocycles. The first kappa shape index (κ1) is 20.6. The van der Waals surface area contributed by atoms with Gasteiger partial charge in [-0.2, -0.15) is 0 Å². The average molecular weight is 408 g/mol. The van der Waals surface area contributed by atoms with Crippen LogP contribution in [-0.4, -0.2) is 48.4 Å². The predicted molar refractivity (Wildman–Crippen MR) is 115 cm³/mol. The molecule has 0 unspecified atom stereocenters. The number of benzene rings is 2. The van der Waals surface area contributed by atoms with E-state index in [0.29, 0.717) is 44.2 Å². The second-order valence-electron chi connectivity index (χ2n) is 8.20. The number of methoxy groups -OCH3 is 1. The van der Waals surface area contributed by atoms with E-state index in [9.17, 15) is 14.7 Å². The number of carbonyl (C=O) groups is 2. The van der Waals surface area contributed by atoms with Gasteiger partial charge < -0.3 is 20.1 Å². The Morgan fingerprint density at radius 1 is 1.13 bits per heavy atom. The van der Waals surface area contributed by atoms with Crippen molar-refractivity contribution in [2.24, 2.45) is 0 Å². The van der Waals surface area contributed by atoms with Crippen LogP contribution < -0.4 is 10.1 Å². The van der Waals surface area contributed by atoms with Gasteiger partial charge in [0.2, 0.25) is 5.91 Å². The van der Waals surface area contributed by atoms with Crippen molar-refractivity contribution >= 4 is 17.4 Å². The van der Waals surface area contributed by atoms with Gasteiger partial charge in [0.25, 0.3) is 0 Å². The van der Waals surface area contributed by atoms with Crippen molar-refractivity contribution < 1.29 is 19.4 Å². The third kappa shape index (κ3) is 4.40. The number of aryl methyl sites for hydroxylation is 1. The number of anilines is 1. The number of ether oxygens (including phenoxy) is 1. The average Bonchev–Trinajstić information content (AvgIpc) is 2.78. The smallest absolute Gasteiger partial charge is 0.224 e. The molecule has 2 aromatic carbocycles. The van der Waals surface area contributed by atoms with Crippen molar-refractivity contribution in [2.75, 3.05) is 32.1 Å². The minimum atomic E-state index is -0.824. The Labute approximate surface area is 176 Å². The summed E-state index contributed by atoms with van der Waals surface area (Å²) in [6.07, 6.45) is 2.89. The van der Waals surface area contributed by atoms with Crippen LogP contribution in [0.15, 0.2) is 42.5 Å². The third-order valence-corrected chi connectivity index (χ3v) is 6.29. The summed E-state index contributed by atoms with van der Waals surface area (Å²) in [4.78, 5) is 26.4. The van der Waals surface area contributed by atoms with Gasteiger partial charge in [-0.1, -0.05) is 12.1 Å². The highest BCUT2D eigenvalue weighted by atomic mass is 16.5. The third-order valence-electron chi connectivity index (χ3n) is 6.29.